The Morgan fingerprint density at radius 2 is 1.82 bits per heavy atom. The first-order valence-electron chi connectivity index (χ1n) is 11.4. The van der Waals surface area contributed by atoms with Gasteiger partial charge in [-0.25, -0.2) is 18.7 Å². The molecule has 0 spiro atoms. The number of ether oxygens (including phenoxy) is 2. The number of aryl methyl sites for hydroxylation is 1. The molecule has 2 aromatic heterocycles. The smallest absolute Gasteiger partial charge is 0.293 e. The van der Waals surface area contributed by atoms with Gasteiger partial charge in [0.05, 0.1) is 27.3 Å². The van der Waals surface area contributed by atoms with Gasteiger partial charge in [-0.15, -0.1) is 0 Å². The van der Waals surface area contributed by atoms with E-state index in [4.69, 9.17) is 15.2 Å². The third-order valence-electron chi connectivity index (χ3n) is 6.21. The van der Waals surface area contributed by atoms with Crippen molar-refractivity contribution in [3.05, 3.63) is 44.5 Å². The molecule has 10 nitrogen and oxygen atoms in total. The molecule has 3 aromatic rings. The van der Waals surface area contributed by atoms with Crippen molar-refractivity contribution in [3.8, 4) is 11.5 Å². The monoisotopic (exact) mass is 474 g/mol. The Morgan fingerprint density at radius 1 is 1.12 bits per heavy atom. The molecule has 1 fully saturated rings. The molecule has 0 amide bonds. The Morgan fingerprint density at radius 3 is 2.41 bits per heavy atom. The first-order chi connectivity index (χ1) is 16.4. The summed E-state index contributed by atoms with van der Waals surface area (Å²) in [5, 5.41) is 0. The number of nitrogens with two attached hydrogens (primary N) is 1. The lowest BCUT2D eigenvalue weighted by Crippen LogP contribution is -2.44. The van der Waals surface area contributed by atoms with Crippen molar-refractivity contribution >= 4 is 17.0 Å². The summed E-state index contributed by atoms with van der Waals surface area (Å²) < 4.78 is 28.3. The highest BCUT2D eigenvalue weighted by atomic mass is 19.1. The van der Waals surface area contributed by atoms with Gasteiger partial charge in [-0.1, -0.05) is 0 Å². The number of rotatable bonds is 8. The minimum atomic E-state index is -0.797. The van der Waals surface area contributed by atoms with Crippen LogP contribution in [0.3, 0.4) is 0 Å². The lowest BCUT2D eigenvalue weighted by atomic mass is 10.1. The zero-order chi connectivity index (χ0) is 24.4. The Balaban J connectivity index is 1.92. The lowest BCUT2D eigenvalue weighted by Gasteiger charge is -2.31. The van der Waals surface area contributed by atoms with Gasteiger partial charge in [0.2, 0.25) is 5.95 Å². The molecule has 0 aliphatic carbocycles. The maximum Gasteiger partial charge on any atom is 0.293 e. The van der Waals surface area contributed by atoms with Crippen molar-refractivity contribution in [1.82, 2.24) is 18.9 Å². The van der Waals surface area contributed by atoms with Crippen molar-refractivity contribution < 1.29 is 13.9 Å². The largest absolute Gasteiger partial charge is 0.497 e. The molecule has 3 heterocycles. The van der Waals surface area contributed by atoms with Crippen molar-refractivity contribution in [2.75, 3.05) is 38.9 Å². The second kappa shape index (κ2) is 9.88. The lowest BCUT2D eigenvalue weighted by molar-refractivity contribution is 0.366. The molecular formula is C23H31FN6O4. The molecule has 34 heavy (non-hydrogen) atoms. The van der Waals surface area contributed by atoms with E-state index in [1.54, 1.807) is 22.8 Å². The summed E-state index contributed by atoms with van der Waals surface area (Å²) in [4.78, 5) is 33.8. The third-order valence-corrected chi connectivity index (χ3v) is 6.21. The molecule has 184 valence electrons. The van der Waals surface area contributed by atoms with Crippen molar-refractivity contribution in [2.45, 2.75) is 45.4 Å². The van der Waals surface area contributed by atoms with Gasteiger partial charge >= 0.3 is 0 Å². The average molecular weight is 475 g/mol. The quantitative estimate of drug-likeness (QED) is 0.525. The summed E-state index contributed by atoms with van der Waals surface area (Å²) >= 11 is 0. The van der Waals surface area contributed by atoms with E-state index in [0.29, 0.717) is 36.1 Å². The molecule has 0 radical (unpaired) electrons. The number of nitrogens with zero attached hydrogens (tertiary/aromatic N) is 5. The summed E-state index contributed by atoms with van der Waals surface area (Å²) in [5.41, 5.74) is 6.18. The number of imidazole rings is 1. The normalized spacial score (nSPS) is 16.3. The molecule has 11 heteroatoms. The SMILES string of the molecule is CCn1c(N2CCCC(N)C2)nc2c(=O)n(CCF)n(Cc3cc(OC)cc(OC)c3)c(=O)c21. The second-order valence-corrected chi connectivity index (χ2v) is 8.40. The summed E-state index contributed by atoms with van der Waals surface area (Å²) in [7, 11) is 3.06. The van der Waals surface area contributed by atoms with Crippen LogP contribution in [0.5, 0.6) is 11.5 Å². The topological polar surface area (TPSA) is 110 Å². The molecular weight excluding hydrogens is 443 g/mol. The molecule has 0 bridgehead atoms. The molecule has 1 aromatic carbocycles. The number of alkyl halides is 1. The van der Waals surface area contributed by atoms with Crippen LogP contribution in [0.4, 0.5) is 10.3 Å². The van der Waals surface area contributed by atoms with E-state index < -0.39 is 17.8 Å². The van der Waals surface area contributed by atoms with Gasteiger partial charge in [-0.2, -0.15) is 0 Å². The number of halogens is 1. The van der Waals surface area contributed by atoms with Crippen LogP contribution in [0.15, 0.2) is 27.8 Å². The molecule has 4 rings (SSSR count). The zero-order valence-corrected chi connectivity index (χ0v) is 19.8. The van der Waals surface area contributed by atoms with Crippen LogP contribution in [0.2, 0.25) is 0 Å². The average Bonchev–Trinajstić information content (AvgIpc) is 3.24. The number of methoxy groups -OCH3 is 2. The van der Waals surface area contributed by atoms with Crippen LogP contribution in [0.25, 0.3) is 11.0 Å². The second-order valence-electron chi connectivity index (χ2n) is 8.40. The summed E-state index contributed by atoms with van der Waals surface area (Å²) in [6, 6.07) is 5.22. The van der Waals surface area contributed by atoms with Gasteiger partial charge in [-0.05, 0) is 37.5 Å². The van der Waals surface area contributed by atoms with Crippen molar-refractivity contribution in [1.29, 1.82) is 0 Å². The number of anilines is 1. The molecule has 1 aliphatic rings. The maximum atomic E-state index is 13.7. The van der Waals surface area contributed by atoms with Gasteiger partial charge in [0, 0.05) is 31.7 Å². The highest BCUT2D eigenvalue weighted by Gasteiger charge is 2.26. The minimum absolute atomic E-state index is 0.00163. The van der Waals surface area contributed by atoms with E-state index in [9.17, 15) is 14.0 Å². The molecule has 1 unspecified atom stereocenters. The van der Waals surface area contributed by atoms with Crippen LogP contribution >= 0.6 is 0 Å². The van der Waals surface area contributed by atoms with Crippen molar-refractivity contribution in [3.63, 3.8) is 0 Å². The number of piperidine rings is 1. The summed E-state index contributed by atoms with van der Waals surface area (Å²) in [6.07, 6.45) is 1.82. The van der Waals surface area contributed by atoms with Gasteiger partial charge in [0.25, 0.3) is 11.1 Å². The van der Waals surface area contributed by atoms with E-state index in [-0.39, 0.29) is 30.2 Å². The Kier molecular flexibility index (Phi) is 6.92. The van der Waals surface area contributed by atoms with Crippen molar-refractivity contribution in [2.24, 2.45) is 5.73 Å². The standard InChI is InChI=1S/C23H31FN6O4/c1-4-28-20-19(26-23(28)27-8-5-6-16(25)14-27)21(31)29(9-7-24)30(22(20)32)13-15-10-17(33-2)12-18(11-15)34-3/h10-12,16H,4-9,13-14,25H2,1-3H3. The fourth-order valence-corrected chi connectivity index (χ4v) is 4.59. The molecule has 1 saturated heterocycles. The Labute approximate surface area is 196 Å². The predicted molar refractivity (Wildman–Crippen MR) is 128 cm³/mol. The first kappa shape index (κ1) is 23.8. The van der Waals surface area contributed by atoms with Crippen LogP contribution in [0, 0.1) is 0 Å². The first-order valence-corrected chi connectivity index (χ1v) is 11.4. The highest BCUT2D eigenvalue weighted by Crippen LogP contribution is 2.24. The molecule has 0 saturated carbocycles. The van der Waals surface area contributed by atoms with Gasteiger partial charge < -0.3 is 24.7 Å². The number of fused-ring (bicyclic) bond motifs is 1. The van der Waals surface area contributed by atoms with Gasteiger partial charge in [0.15, 0.2) is 5.52 Å². The Bertz CT molecular complexity index is 1280. The van der Waals surface area contributed by atoms with Gasteiger partial charge in [0.1, 0.15) is 23.7 Å². The van der Waals surface area contributed by atoms with E-state index in [0.717, 1.165) is 24.1 Å². The van der Waals surface area contributed by atoms with Gasteiger partial charge in [-0.3, -0.25) is 9.59 Å². The van der Waals surface area contributed by atoms with Crippen LogP contribution in [0.1, 0.15) is 25.3 Å². The van der Waals surface area contributed by atoms with E-state index >= 15 is 0 Å². The van der Waals surface area contributed by atoms with Crippen LogP contribution in [-0.2, 0) is 19.6 Å². The van der Waals surface area contributed by atoms with E-state index in [2.05, 4.69) is 4.98 Å². The fraction of sp³-hybridized carbons (Fsp3) is 0.522. The number of hydrogen-bond acceptors (Lipinski definition) is 7. The molecule has 1 atom stereocenters. The number of hydrogen-bond donors (Lipinski definition) is 1. The predicted octanol–water partition coefficient (Wildman–Crippen LogP) is 1.34. The molecule has 1 aliphatic heterocycles. The van der Waals surface area contributed by atoms with E-state index in [1.807, 2.05) is 11.8 Å². The zero-order valence-electron chi connectivity index (χ0n) is 19.8. The number of aromatic nitrogens is 4. The number of benzene rings is 1. The van der Waals surface area contributed by atoms with Crippen LogP contribution < -0.4 is 31.2 Å². The highest BCUT2D eigenvalue weighted by molar-refractivity contribution is 5.77. The molecule has 2 N–H and O–H groups in total. The Hall–Kier alpha value is -3.34. The maximum absolute atomic E-state index is 13.7. The fourth-order valence-electron chi connectivity index (χ4n) is 4.59. The van der Waals surface area contributed by atoms with Crippen LogP contribution in [-0.4, -0.2) is 58.9 Å². The third kappa shape index (κ3) is 4.27. The summed E-state index contributed by atoms with van der Waals surface area (Å²) in [5.74, 6) is 1.64. The summed E-state index contributed by atoms with van der Waals surface area (Å²) in [6.45, 7) is 2.68. The minimum Gasteiger partial charge on any atom is -0.497 e. The van der Waals surface area contributed by atoms with E-state index in [1.165, 1.54) is 18.9 Å².